The standard InChI is InChI=1S/C20H27N3O2/c1-22-11-18(14-24-13-17-4-2-7-21-10-17)20(15-22)6-8-23(16-20)12-19-5-3-9-25-19/h2-5,7,9-10,18H,6,8,11-16H2,1H3/t18-,20-/m1/s1. The van der Waals surface area contributed by atoms with Crippen molar-refractivity contribution in [3.63, 3.8) is 0 Å². The van der Waals surface area contributed by atoms with Gasteiger partial charge in [-0.15, -0.1) is 0 Å². The molecule has 2 atom stereocenters. The highest BCUT2D eigenvalue weighted by Gasteiger charge is 2.49. The monoisotopic (exact) mass is 341 g/mol. The molecule has 134 valence electrons. The van der Waals surface area contributed by atoms with Crippen molar-refractivity contribution in [2.45, 2.75) is 19.6 Å². The molecular formula is C20H27N3O2. The molecule has 2 fully saturated rings. The molecule has 25 heavy (non-hydrogen) atoms. The molecule has 2 aromatic rings. The van der Waals surface area contributed by atoms with Crippen LogP contribution in [0.25, 0.3) is 0 Å². The first-order valence-corrected chi connectivity index (χ1v) is 9.13. The predicted molar refractivity (Wildman–Crippen MR) is 95.9 cm³/mol. The lowest BCUT2D eigenvalue weighted by molar-refractivity contribution is 0.0512. The maximum Gasteiger partial charge on any atom is 0.117 e. The Kier molecular flexibility index (Phi) is 4.88. The van der Waals surface area contributed by atoms with Crippen molar-refractivity contribution < 1.29 is 9.15 Å². The molecule has 0 amide bonds. The number of furan rings is 1. The minimum atomic E-state index is 0.357. The summed E-state index contributed by atoms with van der Waals surface area (Å²) in [6.07, 6.45) is 6.70. The fourth-order valence-electron chi connectivity index (χ4n) is 4.54. The van der Waals surface area contributed by atoms with Crippen LogP contribution in [0.5, 0.6) is 0 Å². The Balaban J connectivity index is 1.34. The van der Waals surface area contributed by atoms with Gasteiger partial charge in [0.1, 0.15) is 5.76 Å². The zero-order valence-electron chi connectivity index (χ0n) is 14.9. The number of likely N-dealkylation sites (tertiary alicyclic amines) is 2. The third-order valence-electron chi connectivity index (χ3n) is 5.72. The van der Waals surface area contributed by atoms with Crippen LogP contribution in [-0.2, 0) is 17.9 Å². The van der Waals surface area contributed by atoms with Crippen LogP contribution in [0.3, 0.4) is 0 Å². The van der Waals surface area contributed by atoms with E-state index in [1.54, 1.807) is 12.5 Å². The normalized spacial score (nSPS) is 27.5. The van der Waals surface area contributed by atoms with Gasteiger partial charge in [0.15, 0.2) is 0 Å². The number of nitrogens with zero attached hydrogens (tertiary/aromatic N) is 3. The summed E-state index contributed by atoms with van der Waals surface area (Å²) >= 11 is 0. The van der Waals surface area contributed by atoms with Gasteiger partial charge in [0.2, 0.25) is 0 Å². The first kappa shape index (κ1) is 16.8. The van der Waals surface area contributed by atoms with E-state index in [4.69, 9.17) is 9.15 Å². The maximum atomic E-state index is 6.08. The van der Waals surface area contributed by atoms with Crippen molar-refractivity contribution in [2.24, 2.45) is 11.3 Å². The summed E-state index contributed by atoms with van der Waals surface area (Å²) in [6.45, 7) is 6.98. The molecule has 2 aromatic heterocycles. The Bertz CT molecular complexity index is 661. The summed E-state index contributed by atoms with van der Waals surface area (Å²) in [5.74, 6) is 1.66. The number of pyridine rings is 1. The third-order valence-corrected chi connectivity index (χ3v) is 5.72. The van der Waals surface area contributed by atoms with E-state index in [1.165, 1.54) is 13.0 Å². The number of hydrogen-bond acceptors (Lipinski definition) is 5. The van der Waals surface area contributed by atoms with Crippen LogP contribution in [0.2, 0.25) is 0 Å². The fraction of sp³-hybridized carbons (Fsp3) is 0.550. The summed E-state index contributed by atoms with van der Waals surface area (Å²) in [4.78, 5) is 9.16. The van der Waals surface area contributed by atoms with Crippen LogP contribution in [0.4, 0.5) is 0 Å². The van der Waals surface area contributed by atoms with E-state index in [9.17, 15) is 0 Å². The number of hydrogen-bond donors (Lipinski definition) is 0. The third kappa shape index (κ3) is 3.78. The van der Waals surface area contributed by atoms with Gasteiger partial charge in [0.25, 0.3) is 0 Å². The number of ether oxygens (including phenoxy) is 1. The molecule has 2 aliphatic rings. The molecular weight excluding hydrogens is 314 g/mol. The zero-order valence-corrected chi connectivity index (χ0v) is 14.9. The predicted octanol–water partition coefficient (Wildman–Crippen LogP) is 2.65. The highest BCUT2D eigenvalue weighted by atomic mass is 16.5. The van der Waals surface area contributed by atoms with E-state index in [0.29, 0.717) is 17.9 Å². The SMILES string of the molecule is CN1C[C@H](COCc2cccnc2)[C@]2(CCN(Cc3ccco3)C2)C1. The molecule has 0 aromatic carbocycles. The Morgan fingerprint density at radius 2 is 2.28 bits per heavy atom. The molecule has 2 aliphatic heterocycles. The second-order valence-corrected chi connectivity index (χ2v) is 7.67. The fourth-order valence-corrected chi connectivity index (χ4v) is 4.54. The van der Waals surface area contributed by atoms with Crippen molar-refractivity contribution in [1.29, 1.82) is 0 Å². The van der Waals surface area contributed by atoms with E-state index in [-0.39, 0.29) is 0 Å². The Labute approximate surface area is 149 Å². The van der Waals surface area contributed by atoms with Gasteiger partial charge in [-0.25, -0.2) is 0 Å². The van der Waals surface area contributed by atoms with Gasteiger partial charge in [-0.1, -0.05) is 6.07 Å². The molecule has 0 unspecified atom stereocenters. The van der Waals surface area contributed by atoms with Crippen LogP contribution in [0.15, 0.2) is 47.3 Å². The van der Waals surface area contributed by atoms with Gasteiger partial charge in [-0.3, -0.25) is 9.88 Å². The zero-order chi connectivity index (χ0) is 17.1. The quantitative estimate of drug-likeness (QED) is 0.808. The topological polar surface area (TPSA) is 41.7 Å². The van der Waals surface area contributed by atoms with Crippen molar-refractivity contribution in [1.82, 2.24) is 14.8 Å². The molecule has 0 aliphatic carbocycles. The largest absolute Gasteiger partial charge is 0.468 e. The van der Waals surface area contributed by atoms with E-state index >= 15 is 0 Å². The minimum Gasteiger partial charge on any atom is -0.468 e. The van der Waals surface area contributed by atoms with Gasteiger partial charge >= 0.3 is 0 Å². The second kappa shape index (κ2) is 7.28. The molecule has 1 spiro atoms. The van der Waals surface area contributed by atoms with Gasteiger partial charge in [0.05, 0.1) is 26.0 Å². The molecule has 2 saturated heterocycles. The van der Waals surface area contributed by atoms with E-state index in [2.05, 4.69) is 34.0 Å². The lowest BCUT2D eigenvalue weighted by atomic mass is 9.77. The van der Waals surface area contributed by atoms with Gasteiger partial charge in [0, 0.05) is 43.4 Å². The Hall–Kier alpha value is -1.69. The Morgan fingerprint density at radius 1 is 1.32 bits per heavy atom. The smallest absolute Gasteiger partial charge is 0.117 e. The summed E-state index contributed by atoms with van der Waals surface area (Å²) < 4.78 is 11.6. The molecule has 0 N–H and O–H groups in total. The van der Waals surface area contributed by atoms with Crippen LogP contribution in [0, 0.1) is 11.3 Å². The van der Waals surface area contributed by atoms with E-state index < -0.39 is 0 Å². The molecule has 0 saturated carbocycles. The lowest BCUT2D eigenvalue weighted by Gasteiger charge is -2.30. The van der Waals surface area contributed by atoms with Gasteiger partial charge in [-0.05, 0) is 43.8 Å². The van der Waals surface area contributed by atoms with Gasteiger partial charge < -0.3 is 14.1 Å². The maximum absolute atomic E-state index is 6.08. The number of aromatic nitrogens is 1. The lowest BCUT2D eigenvalue weighted by Crippen LogP contribution is -2.36. The molecule has 0 radical (unpaired) electrons. The van der Waals surface area contributed by atoms with Crippen molar-refractivity contribution in [3.05, 3.63) is 54.2 Å². The highest BCUT2D eigenvalue weighted by molar-refractivity contribution is 5.07. The van der Waals surface area contributed by atoms with E-state index in [1.807, 2.05) is 18.3 Å². The molecule has 4 rings (SSSR count). The summed E-state index contributed by atoms with van der Waals surface area (Å²) in [5, 5.41) is 0. The highest BCUT2D eigenvalue weighted by Crippen LogP contribution is 2.44. The minimum absolute atomic E-state index is 0.357. The number of rotatable bonds is 6. The van der Waals surface area contributed by atoms with Crippen molar-refractivity contribution >= 4 is 0 Å². The molecule has 5 heteroatoms. The van der Waals surface area contributed by atoms with Crippen LogP contribution in [0.1, 0.15) is 17.7 Å². The first-order chi connectivity index (χ1) is 12.2. The van der Waals surface area contributed by atoms with E-state index in [0.717, 1.165) is 44.1 Å². The average molecular weight is 341 g/mol. The van der Waals surface area contributed by atoms with Crippen molar-refractivity contribution in [3.8, 4) is 0 Å². The molecule has 5 nitrogen and oxygen atoms in total. The van der Waals surface area contributed by atoms with Crippen LogP contribution < -0.4 is 0 Å². The summed E-state index contributed by atoms with van der Waals surface area (Å²) in [7, 11) is 2.23. The van der Waals surface area contributed by atoms with Crippen LogP contribution in [-0.4, -0.2) is 54.6 Å². The van der Waals surface area contributed by atoms with Gasteiger partial charge in [-0.2, -0.15) is 0 Å². The molecule has 0 bridgehead atoms. The second-order valence-electron chi connectivity index (χ2n) is 7.67. The van der Waals surface area contributed by atoms with Crippen molar-refractivity contribution in [2.75, 3.05) is 39.8 Å². The first-order valence-electron chi connectivity index (χ1n) is 9.13. The summed E-state index contributed by atoms with van der Waals surface area (Å²) in [5.41, 5.74) is 1.50. The van der Waals surface area contributed by atoms with Crippen LogP contribution >= 0.6 is 0 Å². The average Bonchev–Trinajstić information content (AvgIpc) is 3.32. The molecule has 4 heterocycles. The summed E-state index contributed by atoms with van der Waals surface area (Å²) in [6, 6.07) is 8.08. The Morgan fingerprint density at radius 3 is 3.08 bits per heavy atom.